The highest BCUT2D eigenvalue weighted by Gasteiger charge is 1.93. The van der Waals surface area contributed by atoms with E-state index in [0.717, 1.165) is 0 Å². The van der Waals surface area contributed by atoms with Gasteiger partial charge in [0.2, 0.25) is 0 Å². The number of ether oxygens (including phenoxy) is 1. The summed E-state index contributed by atoms with van der Waals surface area (Å²) in [5, 5.41) is 2.32. The highest BCUT2D eigenvalue weighted by Crippen LogP contribution is 1.79. The average Bonchev–Trinajstić information content (AvgIpc) is 1.89. The molecule has 0 saturated heterocycles. The lowest BCUT2D eigenvalue weighted by Gasteiger charge is -2.00. The molecule has 3 N–H and O–H groups in total. The maximum absolute atomic E-state index is 10.3. The zero-order chi connectivity index (χ0) is 7.11. The Kier molecular flexibility index (Phi) is 10.4. The fraction of sp³-hybridized carbons (Fsp3) is 0.800. The number of hydrogen-bond donors (Lipinski definition) is 2. The third-order valence-electron chi connectivity index (χ3n) is 0.786. The molecule has 0 saturated carbocycles. The van der Waals surface area contributed by atoms with Crippen LogP contribution >= 0.6 is 12.4 Å². The minimum atomic E-state index is -0.400. The summed E-state index contributed by atoms with van der Waals surface area (Å²) in [6.45, 7) is 0.952. The van der Waals surface area contributed by atoms with Crippen molar-refractivity contribution in [3.63, 3.8) is 0 Å². The van der Waals surface area contributed by atoms with E-state index in [-0.39, 0.29) is 12.4 Å². The monoisotopic (exact) mass is 168 g/mol. The molecule has 0 fully saturated rings. The molecule has 0 aromatic rings. The summed E-state index contributed by atoms with van der Waals surface area (Å²) in [5.41, 5.74) is 5.14. The molecule has 5 heteroatoms. The van der Waals surface area contributed by atoms with Crippen LogP contribution < -0.4 is 11.1 Å². The van der Waals surface area contributed by atoms with Gasteiger partial charge in [-0.1, -0.05) is 0 Å². The van der Waals surface area contributed by atoms with Crippen molar-refractivity contribution >= 4 is 18.5 Å². The average molecular weight is 169 g/mol. The smallest absolute Gasteiger partial charge is 0.406 e. The number of nitrogens with one attached hydrogen (secondary N) is 1. The number of rotatable bonds is 3. The SMILES string of the molecule is CNC(=O)OCCCN.Cl. The molecule has 0 aliphatic heterocycles. The van der Waals surface area contributed by atoms with Crippen LogP contribution in [0.25, 0.3) is 0 Å². The van der Waals surface area contributed by atoms with Crippen molar-refractivity contribution in [2.24, 2.45) is 5.73 Å². The van der Waals surface area contributed by atoms with Crippen LogP contribution in [0.5, 0.6) is 0 Å². The fourth-order valence-electron chi connectivity index (χ4n) is 0.320. The first-order valence-corrected chi connectivity index (χ1v) is 2.86. The Hall–Kier alpha value is -0.480. The van der Waals surface area contributed by atoms with E-state index in [1.165, 1.54) is 7.05 Å². The number of alkyl carbamates (subject to hydrolysis) is 1. The first kappa shape index (κ1) is 12.2. The van der Waals surface area contributed by atoms with E-state index in [9.17, 15) is 4.79 Å². The van der Waals surface area contributed by atoms with Crippen molar-refractivity contribution in [2.45, 2.75) is 6.42 Å². The molecule has 0 radical (unpaired) electrons. The number of hydrogen-bond acceptors (Lipinski definition) is 3. The lowest BCUT2D eigenvalue weighted by Crippen LogP contribution is -2.20. The third kappa shape index (κ3) is 7.52. The van der Waals surface area contributed by atoms with Gasteiger partial charge in [0.15, 0.2) is 0 Å². The summed E-state index contributed by atoms with van der Waals surface area (Å²) in [4.78, 5) is 10.3. The van der Waals surface area contributed by atoms with Crippen LogP contribution in [0, 0.1) is 0 Å². The highest BCUT2D eigenvalue weighted by atomic mass is 35.5. The summed E-state index contributed by atoms with van der Waals surface area (Å²) in [5.74, 6) is 0. The topological polar surface area (TPSA) is 64.3 Å². The van der Waals surface area contributed by atoms with E-state index >= 15 is 0 Å². The van der Waals surface area contributed by atoms with Gasteiger partial charge in [0, 0.05) is 7.05 Å². The fourth-order valence-corrected chi connectivity index (χ4v) is 0.320. The number of carbonyl (C=O) groups is 1. The number of amides is 1. The Morgan fingerprint density at radius 1 is 1.70 bits per heavy atom. The van der Waals surface area contributed by atoms with Crippen LogP contribution in [0.4, 0.5) is 4.79 Å². The Morgan fingerprint density at radius 2 is 2.30 bits per heavy atom. The molecule has 0 heterocycles. The predicted molar refractivity (Wildman–Crippen MR) is 41.3 cm³/mol. The normalized spacial score (nSPS) is 7.80. The Balaban J connectivity index is 0. The largest absolute Gasteiger partial charge is 0.450 e. The first-order valence-electron chi connectivity index (χ1n) is 2.86. The standard InChI is InChI=1S/C5H12N2O2.ClH/c1-7-5(8)9-4-2-3-6;/h2-4,6H2,1H3,(H,7,8);1H. The maximum Gasteiger partial charge on any atom is 0.406 e. The van der Waals surface area contributed by atoms with Crippen molar-refractivity contribution in [3.8, 4) is 0 Å². The molecule has 0 aromatic heterocycles. The lowest BCUT2D eigenvalue weighted by molar-refractivity contribution is 0.148. The molecule has 0 unspecified atom stereocenters. The van der Waals surface area contributed by atoms with E-state index in [0.29, 0.717) is 19.6 Å². The summed E-state index contributed by atoms with van der Waals surface area (Å²) in [6.07, 6.45) is 0.316. The van der Waals surface area contributed by atoms with Gasteiger partial charge in [0.25, 0.3) is 0 Å². The molecule has 1 amide bonds. The van der Waals surface area contributed by atoms with Crippen molar-refractivity contribution in [1.82, 2.24) is 5.32 Å². The van der Waals surface area contributed by atoms with Crippen molar-refractivity contribution in [2.75, 3.05) is 20.2 Å². The van der Waals surface area contributed by atoms with Gasteiger partial charge >= 0.3 is 6.09 Å². The zero-order valence-electron chi connectivity index (χ0n) is 5.92. The number of halogens is 1. The van der Waals surface area contributed by atoms with E-state index in [1.807, 2.05) is 0 Å². The van der Waals surface area contributed by atoms with Gasteiger partial charge in [-0.3, -0.25) is 0 Å². The second kappa shape index (κ2) is 8.52. The minimum absolute atomic E-state index is 0. The molecule has 0 spiro atoms. The van der Waals surface area contributed by atoms with Gasteiger partial charge < -0.3 is 15.8 Å². The molecule has 0 aromatic carbocycles. The van der Waals surface area contributed by atoms with Crippen LogP contribution in [-0.4, -0.2) is 26.3 Å². The first-order chi connectivity index (χ1) is 4.31. The minimum Gasteiger partial charge on any atom is -0.450 e. The zero-order valence-corrected chi connectivity index (χ0v) is 6.74. The highest BCUT2D eigenvalue weighted by molar-refractivity contribution is 5.85. The lowest BCUT2D eigenvalue weighted by atomic mass is 10.5. The van der Waals surface area contributed by atoms with Crippen LogP contribution in [-0.2, 0) is 4.74 Å². The molecule has 62 valence electrons. The van der Waals surface area contributed by atoms with Crippen LogP contribution in [0.2, 0.25) is 0 Å². The Morgan fingerprint density at radius 3 is 2.70 bits per heavy atom. The van der Waals surface area contributed by atoms with Gasteiger partial charge in [-0.05, 0) is 13.0 Å². The summed E-state index contributed by atoms with van der Waals surface area (Å²) in [7, 11) is 1.52. The quantitative estimate of drug-likeness (QED) is 0.588. The molecule has 4 nitrogen and oxygen atoms in total. The van der Waals surface area contributed by atoms with Gasteiger partial charge in [0.05, 0.1) is 6.61 Å². The van der Waals surface area contributed by atoms with E-state index in [1.54, 1.807) is 0 Å². The van der Waals surface area contributed by atoms with E-state index < -0.39 is 6.09 Å². The maximum atomic E-state index is 10.3. The molecule has 10 heavy (non-hydrogen) atoms. The summed E-state index contributed by atoms with van der Waals surface area (Å²) >= 11 is 0. The van der Waals surface area contributed by atoms with Crippen LogP contribution in [0.15, 0.2) is 0 Å². The van der Waals surface area contributed by atoms with Crippen LogP contribution in [0.1, 0.15) is 6.42 Å². The molecule has 0 bridgehead atoms. The molecular formula is C5H13ClN2O2. The second-order valence-corrected chi connectivity index (χ2v) is 1.53. The van der Waals surface area contributed by atoms with Gasteiger partial charge in [0.1, 0.15) is 0 Å². The summed E-state index contributed by atoms with van der Waals surface area (Å²) < 4.78 is 4.60. The molecule has 0 atom stereocenters. The molecule has 0 aliphatic rings. The number of carbonyl (C=O) groups excluding carboxylic acids is 1. The van der Waals surface area contributed by atoms with E-state index in [4.69, 9.17) is 5.73 Å². The molecular weight excluding hydrogens is 156 g/mol. The number of nitrogens with two attached hydrogens (primary N) is 1. The summed E-state index contributed by atoms with van der Waals surface area (Å²) in [6, 6.07) is 0. The van der Waals surface area contributed by atoms with Crippen LogP contribution in [0.3, 0.4) is 0 Å². The van der Waals surface area contributed by atoms with Crippen molar-refractivity contribution in [1.29, 1.82) is 0 Å². The molecule has 0 aliphatic carbocycles. The Labute approximate surface area is 66.5 Å². The van der Waals surface area contributed by atoms with Crippen molar-refractivity contribution in [3.05, 3.63) is 0 Å². The third-order valence-corrected chi connectivity index (χ3v) is 0.786. The van der Waals surface area contributed by atoms with Crippen molar-refractivity contribution < 1.29 is 9.53 Å². The predicted octanol–water partition coefficient (Wildman–Crippen LogP) is 0.113. The van der Waals surface area contributed by atoms with Gasteiger partial charge in [-0.15, -0.1) is 12.4 Å². The van der Waals surface area contributed by atoms with Gasteiger partial charge in [-0.25, -0.2) is 4.79 Å². The molecule has 0 rings (SSSR count). The van der Waals surface area contributed by atoms with Gasteiger partial charge in [-0.2, -0.15) is 0 Å². The second-order valence-electron chi connectivity index (χ2n) is 1.53. The van der Waals surface area contributed by atoms with E-state index in [2.05, 4.69) is 10.1 Å². The Bertz CT molecular complexity index is 89.7.